The highest BCUT2D eigenvalue weighted by atomic mass is 16.5. The highest BCUT2D eigenvalue weighted by Crippen LogP contribution is 2.13. The lowest BCUT2D eigenvalue weighted by molar-refractivity contribution is 0.0509. The summed E-state index contributed by atoms with van der Waals surface area (Å²) in [6.45, 7) is 2.91. The molecule has 0 saturated carbocycles. The molecule has 0 aliphatic heterocycles. The molecule has 2 rings (SSSR count). The lowest BCUT2D eigenvalue weighted by Crippen LogP contribution is -2.23. The zero-order valence-corrected chi connectivity index (χ0v) is 15.3. The fourth-order valence-electron chi connectivity index (χ4n) is 2.33. The summed E-state index contributed by atoms with van der Waals surface area (Å²) in [6, 6.07) is 13.7. The highest BCUT2D eigenvalue weighted by Gasteiger charge is 2.08. The van der Waals surface area contributed by atoms with Crippen molar-refractivity contribution in [2.75, 3.05) is 13.2 Å². The van der Waals surface area contributed by atoms with Gasteiger partial charge in [0.1, 0.15) is 0 Å². The Morgan fingerprint density at radius 1 is 1.00 bits per heavy atom. The minimum Gasteiger partial charge on any atom is -0.462 e. The lowest BCUT2D eigenvalue weighted by atomic mass is 10.1. The van der Waals surface area contributed by atoms with Gasteiger partial charge in [0.05, 0.1) is 17.9 Å². The van der Waals surface area contributed by atoms with Crippen LogP contribution in [0, 0.1) is 0 Å². The third kappa shape index (κ3) is 6.47. The quantitative estimate of drug-likeness (QED) is 0.374. The Labute approximate surface area is 158 Å². The molecule has 5 N–H and O–H groups in total. The van der Waals surface area contributed by atoms with E-state index in [1.807, 2.05) is 19.1 Å². The van der Waals surface area contributed by atoms with E-state index in [0.29, 0.717) is 29.8 Å². The monoisotopic (exact) mass is 368 g/mol. The van der Waals surface area contributed by atoms with Crippen molar-refractivity contribution in [2.45, 2.75) is 19.8 Å². The average Bonchev–Trinajstić information content (AvgIpc) is 2.66. The van der Waals surface area contributed by atoms with E-state index in [2.05, 4.69) is 10.3 Å². The van der Waals surface area contributed by atoms with Crippen LogP contribution in [0.3, 0.4) is 0 Å². The number of benzene rings is 2. The summed E-state index contributed by atoms with van der Waals surface area (Å²) in [7, 11) is 0. The van der Waals surface area contributed by atoms with Crippen molar-refractivity contribution < 1.29 is 14.3 Å². The van der Waals surface area contributed by atoms with Gasteiger partial charge in [0, 0.05) is 18.5 Å². The van der Waals surface area contributed by atoms with Gasteiger partial charge in [-0.2, -0.15) is 0 Å². The molecule has 27 heavy (non-hydrogen) atoms. The van der Waals surface area contributed by atoms with Crippen molar-refractivity contribution in [3.05, 3.63) is 65.2 Å². The number of nitrogens with one attached hydrogen (secondary N) is 1. The van der Waals surface area contributed by atoms with E-state index >= 15 is 0 Å². The summed E-state index contributed by atoms with van der Waals surface area (Å²) in [5.74, 6) is -0.542. The molecule has 7 heteroatoms. The van der Waals surface area contributed by atoms with Gasteiger partial charge < -0.3 is 21.5 Å². The summed E-state index contributed by atoms with van der Waals surface area (Å²) >= 11 is 0. The van der Waals surface area contributed by atoms with Crippen molar-refractivity contribution in [3.8, 4) is 0 Å². The van der Waals surface area contributed by atoms with Crippen LogP contribution in [0.2, 0.25) is 0 Å². The van der Waals surface area contributed by atoms with Crippen LogP contribution in [-0.4, -0.2) is 31.0 Å². The minimum atomic E-state index is -0.415. The number of hydrogen-bond donors (Lipinski definition) is 3. The zero-order chi connectivity index (χ0) is 19.6. The van der Waals surface area contributed by atoms with Gasteiger partial charge in [-0.25, -0.2) is 9.79 Å². The molecule has 2 aromatic carbocycles. The first-order chi connectivity index (χ1) is 13.0. The number of carbonyl (C=O) groups is 2. The van der Waals surface area contributed by atoms with Gasteiger partial charge in [0.2, 0.25) is 0 Å². The maximum absolute atomic E-state index is 12.1. The van der Waals surface area contributed by atoms with E-state index < -0.39 is 5.97 Å². The highest BCUT2D eigenvalue weighted by molar-refractivity contribution is 5.94. The molecule has 0 radical (unpaired) electrons. The van der Waals surface area contributed by atoms with Crippen molar-refractivity contribution in [1.29, 1.82) is 0 Å². The van der Waals surface area contributed by atoms with Crippen molar-refractivity contribution in [1.82, 2.24) is 5.32 Å². The van der Waals surface area contributed by atoms with Gasteiger partial charge in [-0.15, -0.1) is 0 Å². The summed E-state index contributed by atoms with van der Waals surface area (Å²) in [5.41, 5.74) is 13.2. The number of aliphatic imine (C=N–C) groups is 1. The lowest BCUT2D eigenvalue weighted by Gasteiger charge is -2.07. The summed E-state index contributed by atoms with van der Waals surface area (Å²) in [6.07, 6.45) is 1.46. The Bertz CT molecular complexity index is 795. The first-order valence-electron chi connectivity index (χ1n) is 8.73. The number of hydrogen-bond acceptors (Lipinski definition) is 4. The molecule has 1 amide bonds. The second-order valence-corrected chi connectivity index (χ2v) is 5.92. The Kier molecular flexibility index (Phi) is 7.37. The van der Waals surface area contributed by atoms with Crippen LogP contribution in [0.15, 0.2) is 53.5 Å². The molecule has 2 aromatic rings. The average molecular weight is 368 g/mol. The van der Waals surface area contributed by atoms with Gasteiger partial charge in [-0.05, 0) is 48.4 Å². The van der Waals surface area contributed by atoms with Crippen molar-refractivity contribution in [3.63, 3.8) is 0 Å². The van der Waals surface area contributed by atoms with Crippen LogP contribution < -0.4 is 16.8 Å². The molecule has 0 spiro atoms. The molecule has 0 heterocycles. The van der Waals surface area contributed by atoms with Gasteiger partial charge in [-0.1, -0.05) is 19.1 Å². The predicted octanol–water partition coefficient (Wildman–Crippen LogP) is 2.13. The maximum Gasteiger partial charge on any atom is 0.338 e. The fourth-order valence-corrected chi connectivity index (χ4v) is 2.33. The van der Waals surface area contributed by atoms with Crippen LogP contribution in [0.5, 0.6) is 0 Å². The number of esters is 1. The molecule has 0 aliphatic carbocycles. The zero-order valence-electron chi connectivity index (χ0n) is 15.3. The van der Waals surface area contributed by atoms with Gasteiger partial charge in [-0.3, -0.25) is 4.79 Å². The largest absolute Gasteiger partial charge is 0.462 e. The van der Waals surface area contributed by atoms with Crippen LogP contribution >= 0.6 is 0 Å². The molecule has 0 aliphatic rings. The topological polar surface area (TPSA) is 120 Å². The van der Waals surface area contributed by atoms with E-state index in [4.69, 9.17) is 16.2 Å². The molecule has 0 fully saturated rings. The molecule has 0 bridgehead atoms. The summed E-state index contributed by atoms with van der Waals surface area (Å²) in [4.78, 5) is 27.8. The predicted molar refractivity (Wildman–Crippen MR) is 105 cm³/mol. The molecular weight excluding hydrogens is 344 g/mol. The summed E-state index contributed by atoms with van der Waals surface area (Å²) < 4.78 is 5.28. The number of carbonyl (C=O) groups excluding carboxylic acids is 2. The van der Waals surface area contributed by atoms with Crippen molar-refractivity contribution in [2.24, 2.45) is 16.5 Å². The number of amides is 1. The molecule has 0 atom stereocenters. The maximum atomic E-state index is 12.1. The molecular formula is C20H24N4O3. The molecule has 0 aromatic heterocycles. The van der Waals surface area contributed by atoms with Crippen LogP contribution in [0.1, 0.15) is 39.6 Å². The Hall–Kier alpha value is -3.35. The number of ether oxygens (including phenoxy) is 1. The summed E-state index contributed by atoms with van der Waals surface area (Å²) in [5, 5.41) is 2.83. The normalized spacial score (nSPS) is 10.1. The third-order valence-electron chi connectivity index (χ3n) is 3.74. The Morgan fingerprint density at radius 2 is 1.63 bits per heavy atom. The van der Waals surface area contributed by atoms with Crippen LogP contribution in [0.4, 0.5) is 5.69 Å². The van der Waals surface area contributed by atoms with Crippen molar-refractivity contribution >= 4 is 23.5 Å². The Morgan fingerprint density at radius 3 is 2.22 bits per heavy atom. The fraction of sp³-hybridized carbons (Fsp3) is 0.250. The molecule has 142 valence electrons. The van der Waals surface area contributed by atoms with Crippen LogP contribution in [0.25, 0.3) is 0 Å². The van der Waals surface area contributed by atoms with E-state index in [0.717, 1.165) is 12.0 Å². The van der Waals surface area contributed by atoms with Gasteiger partial charge >= 0.3 is 5.97 Å². The Balaban J connectivity index is 1.82. The third-order valence-corrected chi connectivity index (χ3v) is 3.74. The second kappa shape index (κ2) is 9.96. The number of nitrogens with zero attached hydrogens (tertiary/aromatic N) is 1. The first-order valence-corrected chi connectivity index (χ1v) is 8.73. The molecule has 0 saturated heterocycles. The smallest absolute Gasteiger partial charge is 0.338 e. The van der Waals surface area contributed by atoms with E-state index in [1.165, 1.54) is 0 Å². The first kappa shape index (κ1) is 20.0. The van der Waals surface area contributed by atoms with E-state index in [-0.39, 0.29) is 18.5 Å². The SMILES string of the molecule is CCCNC(=O)c1ccc(CCOC(=O)c2ccc(N=C(N)N)cc2)cc1. The number of guanidine groups is 1. The van der Waals surface area contributed by atoms with Gasteiger partial charge in [0.25, 0.3) is 5.91 Å². The minimum absolute atomic E-state index is 0.0424. The standard InChI is InChI=1S/C20H24N4O3/c1-2-12-23-18(25)15-5-3-14(4-6-15)11-13-27-19(26)16-7-9-17(10-8-16)24-20(21)22/h3-10H,2,11-13H2,1H3,(H,23,25)(H4,21,22,24). The number of nitrogens with two attached hydrogens (primary N) is 2. The van der Waals surface area contributed by atoms with Crippen LogP contribution in [-0.2, 0) is 11.2 Å². The van der Waals surface area contributed by atoms with Gasteiger partial charge in [0.15, 0.2) is 5.96 Å². The van der Waals surface area contributed by atoms with E-state index in [1.54, 1.807) is 36.4 Å². The molecule has 0 unspecified atom stereocenters. The number of rotatable bonds is 8. The van der Waals surface area contributed by atoms with E-state index in [9.17, 15) is 9.59 Å². The molecule has 7 nitrogen and oxygen atoms in total. The second-order valence-electron chi connectivity index (χ2n) is 5.92.